The van der Waals surface area contributed by atoms with E-state index in [0.717, 1.165) is 32.0 Å². The molecule has 0 aliphatic heterocycles. The van der Waals surface area contributed by atoms with Gasteiger partial charge in [0, 0.05) is 5.41 Å². The molecule has 0 fully saturated rings. The van der Waals surface area contributed by atoms with Gasteiger partial charge in [-0.1, -0.05) is 38.8 Å². The predicted molar refractivity (Wildman–Crippen MR) is 57.7 cm³/mol. The summed E-state index contributed by atoms with van der Waals surface area (Å²) >= 11 is 0. The zero-order chi connectivity index (χ0) is 10.2. The highest BCUT2D eigenvalue weighted by atomic mass is 16.1. The first-order valence-electron chi connectivity index (χ1n) is 5.32. The van der Waals surface area contributed by atoms with Gasteiger partial charge in [-0.05, 0) is 26.2 Å². The second kappa shape index (κ2) is 6.88. The lowest BCUT2D eigenvalue weighted by atomic mass is 9.79. The third-order valence-electron chi connectivity index (χ3n) is 2.74. The number of hydrogen-bond acceptors (Lipinski definition) is 1. The summed E-state index contributed by atoms with van der Waals surface area (Å²) < 4.78 is 0. The van der Waals surface area contributed by atoms with Gasteiger partial charge in [0.1, 0.15) is 6.29 Å². The van der Waals surface area contributed by atoms with Gasteiger partial charge >= 0.3 is 0 Å². The van der Waals surface area contributed by atoms with Gasteiger partial charge in [0.05, 0.1) is 0 Å². The summed E-state index contributed by atoms with van der Waals surface area (Å²) in [6.07, 6.45) is 10.5. The molecule has 0 bridgehead atoms. The Bertz CT molecular complexity index is 161. The second-order valence-electron chi connectivity index (χ2n) is 3.71. The zero-order valence-corrected chi connectivity index (χ0v) is 9.18. The van der Waals surface area contributed by atoms with Crippen LogP contribution in [-0.4, -0.2) is 6.29 Å². The Morgan fingerprint density at radius 2 is 2.00 bits per heavy atom. The Kier molecular flexibility index (Phi) is 6.56. The molecule has 76 valence electrons. The summed E-state index contributed by atoms with van der Waals surface area (Å²) in [7, 11) is 0. The zero-order valence-electron chi connectivity index (χ0n) is 9.18. The number of carbonyl (C=O) groups is 1. The molecule has 0 saturated carbocycles. The summed E-state index contributed by atoms with van der Waals surface area (Å²) in [6.45, 7) is 6.28. The van der Waals surface area contributed by atoms with Crippen LogP contribution in [0.3, 0.4) is 0 Å². The van der Waals surface area contributed by atoms with Gasteiger partial charge in [-0.3, -0.25) is 0 Å². The molecule has 13 heavy (non-hydrogen) atoms. The molecule has 1 nitrogen and oxygen atoms in total. The number of unbranched alkanes of at least 4 members (excludes halogenated alkanes) is 1. The van der Waals surface area contributed by atoms with Crippen molar-refractivity contribution in [1.29, 1.82) is 0 Å². The highest BCUT2D eigenvalue weighted by Gasteiger charge is 2.24. The molecule has 0 amide bonds. The van der Waals surface area contributed by atoms with E-state index >= 15 is 0 Å². The third kappa shape index (κ3) is 4.25. The highest BCUT2D eigenvalue weighted by Crippen LogP contribution is 2.30. The van der Waals surface area contributed by atoms with Gasteiger partial charge in [-0.2, -0.15) is 0 Å². The van der Waals surface area contributed by atoms with Crippen LogP contribution >= 0.6 is 0 Å². The molecule has 0 radical (unpaired) electrons. The fourth-order valence-electron chi connectivity index (χ4n) is 1.49. The molecule has 1 atom stereocenters. The fraction of sp³-hybridized carbons (Fsp3) is 0.750. The summed E-state index contributed by atoms with van der Waals surface area (Å²) in [5, 5.41) is 0. The Balaban J connectivity index is 4.21. The number of aldehydes is 1. The maximum absolute atomic E-state index is 11.0. The topological polar surface area (TPSA) is 17.1 Å². The summed E-state index contributed by atoms with van der Waals surface area (Å²) in [5.74, 6) is 0. The number of hydrogen-bond donors (Lipinski definition) is 0. The van der Waals surface area contributed by atoms with Gasteiger partial charge in [0.2, 0.25) is 0 Å². The lowest BCUT2D eigenvalue weighted by molar-refractivity contribution is -0.116. The quantitative estimate of drug-likeness (QED) is 0.433. The minimum atomic E-state index is -0.0808. The lowest BCUT2D eigenvalue weighted by Crippen LogP contribution is -2.20. The molecule has 0 rings (SSSR count). The molecule has 0 aromatic heterocycles. The molecule has 0 aliphatic carbocycles. The largest absolute Gasteiger partial charge is 0.303 e. The predicted octanol–water partition coefficient (Wildman–Crippen LogP) is 3.74. The van der Waals surface area contributed by atoms with Crippen molar-refractivity contribution in [3.05, 3.63) is 12.2 Å². The summed E-state index contributed by atoms with van der Waals surface area (Å²) in [6, 6.07) is 0. The van der Waals surface area contributed by atoms with Crippen molar-refractivity contribution in [3.8, 4) is 0 Å². The maximum Gasteiger partial charge on any atom is 0.126 e. The minimum absolute atomic E-state index is 0.0808. The van der Waals surface area contributed by atoms with Crippen molar-refractivity contribution >= 4 is 6.29 Å². The Hall–Kier alpha value is -0.590. The van der Waals surface area contributed by atoms with Gasteiger partial charge in [0.25, 0.3) is 0 Å². The van der Waals surface area contributed by atoms with E-state index in [4.69, 9.17) is 0 Å². The lowest BCUT2D eigenvalue weighted by Gasteiger charge is -2.24. The van der Waals surface area contributed by atoms with E-state index in [2.05, 4.69) is 19.9 Å². The van der Waals surface area contributed by atoms with Crippen molar-refractivity contribution in [2.45, 2.75) is 52.9 Å². The molecule has 0 aromatic carbocycles. The van der Waals surface area contributed by atoms with Crippen molar-refractivity contribution in [1.82, 2.24) is 0 Å². The van der Waals surface area contributed by atoms with Gasteiger partial charge < -0.3 is 4.79 Å². The SMILES string of the molecule is CC=CCC(C=O)(CC)CCCC. The first kappa shape index (κ1) is 12.4. The van der Waals surface area contributed by atoms with Crippen LogP contribution < -0.4 is 0 Å². The second-order valence-corrected chi connectivity index (χ2v) is 3.71. The molecule has 0 saturated heterocycles. The van der Waals surface area contributed by atoms with Crippen molar-refractivity contribution < 1.29 is 4.79 Å². The van der Waals surface area contributed by atoms with Crippen LogP contribution in [0, 0.1) is 5.41 Å². The van der Waals surface area contributed by atoms with Crippen molar-refractivity contribution in [3.63, 3.8) is 0 Å². The Labute approximate surface area is 82.2 Å². The molecule has 0 aromatic rings. The molecule has 1 unspecified atom stereocenters. The van der Waals surface area contributed by atoms with Crippen LogP contribution in [0.1, 0.15) is 52.9 Å². The normalized spacial score (nSPS) is 15.9. The van der Waals surface area contributed by atoms with E-state index in [1.165, 1.54) is 6.42 Å². The van der Waals surface area contributed by atoms with Gasteiger partial charge in [0.15, 0.2) is 0 Å². The van der Waals surface area contributed by atoms with Crippen LogP contribution in [0.5, 0.6) is 0 Å². The molecule has 0 aliphatic rings. The smallest absolute Gasteiger partial charge is 0.126 e. The standard InChI is InChI=1S/C12H22O/c1-4-7-9-12(6-3,11-13)10-8-5-2/h4,7,11H,5-6,8-10H2,1-3H3. The summed E-state index contributed by atoms with van der Waals surface area (Å²) in [4.78, 5) is 11.0. The average molecular weight is 182 g/mol. The van der Waals surface area contributed by atoms with E-state index < -0.39 is 0 Å². The first-order valence-corrected chi connectivity index (χ1v) is 5.32. The Morgan fingerprint density at radius 1 is 1.31 bits per heavy atom. The van der Waals surface area contributed by atoms with E-state index in [1.54, 1.807) is 0 Å². The molecular weight excluding hydrogens is 160 g/mol. The molecule has 0 spiro atoms. The van der Waals surface area contributed by atoms with E-state index in [9.17, 15) is 4.79 Å². The van der Waals surface area contributed by atoms with Crippen LogP contribution in [0.25, 0.3) is 0 Å². The van der Waals surface area contributed by atoms with Crippen LogP contribution in [0.2, 0.25) is 0 Å². The maximum atomic E-state index is 11.0. The van der Waals surface area contributed by atoms with E-state index in [-0.39, 0.29) is 5.41 Å². The van der Waals surface area contributed by atoms with Crippen LogP contribution in [0.15, 0.2) is 12.2 Å². The third-order valence-corrected chi connectivity index (χ3v) is 2.74. The fourth-order valence-corrected chi connectivity index (χ4v) is 1.49. The Morgan fingerprint density at radius 3 is 2.38 bits per heavy atom. The van der Waals surface area contributed by atoms with Crippen molar-refractivity contribution in [2.24, 2.45) is 5.41 Å². The van der Waals surface area contributed by atoms with Crippen LogP contribution in [0.4, 0.5) is 0 Å². The van der Waals surface area contributed by atoms with Crippen molar-refractivity contribution in [2.75, 3.05) is 0 Å². The van der Waals surface area contributed by atoms with Gasteiger partial charge in [-0.25, -0.2) is 0 Å². The average Bonchev–Trinajstić information content (AvgIpc) is 2.20. The van der Waals surface area contributed by atoms with E-state index in [0.29, 0.717) is 0 Å². The highest BCUT2D eigenvalue weighted by molar-refractivity contribution is 5.59. The molecule has 0 heterocycles. The van der Waals surface area contributed by atoms with Crippen LogP contribution in [-0.2, 0) is 4.79 Å². The minimum Gasteiger partial charge on any atom is -0.303 e. The summed E-state index contributed by atoms with van der Waals surface area (Å²) in [5.41, 5.74) is -0.0808. The number of carbonyl (C=O) groups excluding carboxylic acids is 1. The number of allylic oxidation sites excluding steroid dienone is 2. The monoisotopic (exact) mass is 182 g/mol. The molecule has 1 heteroatoms. The first-order chi connectivity index (χ1) is 6.24. The van der Waals surface area contributed by atoms with Gasteiger partial charge in [-0.15, -0.1) is 0 Å². The van der Waals surface area contributed by atoms with E-state index in [1.807, 2.05) is 13.0 Å². The number of rotatable bonds is 7. The molecular formula is C12H22O. The molecule has 0 N–H and O–H groups in total.